The van der Waals surface area contributed by atoms with Crippen LogP contribution in [0, 0.1) is 12.8 Å². The second kappa shape index (κ2) is 8.45. The molecule has 0 bridgehead atoms. The standard InChI is InChI=1S/C21H30F2N6O/c1-14-10-17(13-30-3)28(12-14)19-11-18(24-16-4-7-21(22,23)8-5-16)25-20(26-19)29-9-6-15(2)27-29/h6,9,11,14,16-17H,4-5,7-8,10,12-13H2,1-3H3,(H,24,25,26)/t14-,17-/m0/s1. The van der Waals surface area contributed by atoms with Gasteiger partial charge in [-0.05, 0) is 38.2 Å². The molecule has 0 radical (unpaired) electrons. The summed E-state index contributed by atoms with van der Waals surface area (Å²) >= 11 is 0. The number of alkyl halides is 2. The van der Waals surface area contributed by atoms with Crippen LogP contribution in [0.5, 0.6) is 0 Å². The Labute approximate surface area is 175 Å². The van der Waals surface area contributed by atoms with Crippen molar-refractivity contribution in [2.75, 3.05) is 30.5 Å². The summed E-state index contributed by atoms with van der Waals surface area (Å²) in [6.45, 7) is 5.66. The third-order valence-electron chi connectivity index (χ3n) is 5.97. The first kappa shape index (κ1) is 21.0. The summed E-state index contributed by atoms with van der Waals surface area (Å²) in [4.78, 5) is 11.7. The van der Waals surface area contributed by atoms with Crippen molar-refractivity contribution in [2.24, 2.45) is 5.92 Å². The van der Waals surface area contributed by atoms with E-state index in [-0.39, 0.29) is 24.9 Å². The van der Waals surface area contributed by atoms with E-state index in [2.05, 4.69) is 27.2 Å². The molecule has 9 heteroatoms. The maximum atomic E-state index is 13.5. The van der Waals surface area contributed by atoms with Crippen LogP contribution in [0.4, 0.5) is 20.4 Å². The zero-order chi connectivity index (χ0) is 21.3. The lowest BCUT2D eigenvalue weighted by atomic mass is 9.92. The Morgan fingerprint density at radius 3 is 2.70 bits per heavy atom. The number of halogens is 2. The topological polar surface area (TPSA) is 68.1 Å². The van der Waals surface area contributed by atoms with E-state index in [1.54, 1.807) is 11.8 Å². The summed E-state index contributed by atoms with van der Waals surface area (Å²) in [5.41, 5.74) is 0.875. The second-order valence-corrected chi connectivity index (χ2v) is 8.69. The normalized spacial score (nSPS) is 24.4. The van der Waals surface area contributed by atoms with Gasteiger partial charge in [-0.25, -0.2) is 13.5 Å². The molecule has 1 saturated heterocycles. The van der Waals surface area contributed by atoms with Gasteiger partial charge in [0.05, 0.1) is 18.3 Å². The van der Waals surface area contributed by atoms with Gasteiger partial charge in [-0.2, -0.15) is 15.1 Å². The highest BCUT2D eigenvalue weighted by Crippen LogP contribution is 2.35. The highest BCUT2D eigenvalue weighted by atomic mass is 19.3. The zero-order valence-corrected chi connectivity index (χ0v) is 17.8. The maximum absolute atomic E-state index is 13.5. The van der Waals surface area contributed by atoms with Crippen LogP contribution >= 0.6 is 0 Å². The van der Waals surface area contributed by atoms with Crippen molar-refractivity contribution in [3.63, 3.8) is 0 Å². The molecule has 2 aromatic rings. The number of aryl methyl sites for hydroxylation is 1. The van der Waals surface area contributed by atoms with Gasteiger partial charge in [0.25, 0.3) is 5.95 Å². The van der Waals surface area contributed by atoms with Crippen LogP contribution in [0.15, 0.2) is 18.3 Å². The molecule has 2 fully saturated rings. The highest BCUT2D eigenvalue weighted by Gasteiger charge is 2.35. The molecule has 1 aliphatic carbocycles. The Balaban J connectivity index is 1.63. The minimum atomic E-state index is -2.55. The van der Waals surface area contributed by atoms with Crippen LogP contribution in [0.1, 0.15) is 44.7 Å². The third-order valence-corrected chi connectivity index (χ3v) is 5.97. The van der Waals surface area contributed by atoms with Crippen LogP contribution in [0.25, 0.3) is 5.95 Å². The number of aromatic nitrogens is 4. The van der Waals surface area contributed by atoms with Crippen LogP contribution < -0.4 is 10.2 Å². The molecule has 4 rings (SSSR count). The monoisotopic (exact) mass is 420 g/mol. The van der Waals surface area contributed by atoms with Gasteiger partial charge in [-0.3, -0.25) is 0 Å². The van der Waals surface area contributed by atoms with Gasteiger partial charge >= 0.3 is 0 Å². The first-order valence-electron chi connectivity index (χ1n) is 10.6. The van der Waals surface area contributed by atoms with Gasteiger partial charge < -0.3 is 15.0 Å². The van der Waals surface area contributed by atoms with E-state index >= 15 is 0 Å². The molecule has 7 nitrogen and oxygen atoms in total. The van der Waals surface area contributed by atoms with Crippen molar-refractivity contribution in [1.29, 1.82) is 0 Å². The number of nitrogens with zero attached hydrogens (tertiary/aromatic N) is 5. The Bertz CT molecular complexity index is 863. The molecule has 0 spiro atoms. The molecule has 2 atom stereocenters. The summed E-state index contributed by atoms with van der Waals surface area (Å²) in [6.07, 6.45) is 3.54. The summed E-state index contributed by atoms with van der Waals surface area (Å²) in [7, 11) is 1.71. The molecule has 1 saturated carbocycles. The SMILES string of the molecule is COC[C@@H]1C[C@H](C)CN1c1cc(NC2CCC(F)(F)CC2)nc(-n2ccc(C)n2)n1. The Morgan fingerprint density at radius 1 is 1.27 bits per heavy atom. The predicted octanol–water partition coefficient (Wildman–Crippen LogP) is 3.82. The quantitative estimate of drug-likeness (QED) is 0.766. The zero-order valence-electron chi connectivity index (χ0n) is 17.8. The minimum Gasteiger partial charge on any atom is -0.383 e. The van der Waals surface area contributed by atoms with Gasteiger partial charge in [0.15, 0.2) is 0 Å². The van der Waals surface area contributed by atoms with Gasteiger partial charge in [0, 0.05) is 44.8 Å². The Morgan fingerprint density at radius 2 is 2.03 bits per heavy atom. The molecule has 0 aromatic carbocycles. The fourth-order valence-corrected chi connectivity index (χ4v) is 4.45. The molecule has 1 N–H and O–H groups in total. The van der Waals surface area contributed by atoms with Crippen molar-refractivity contribution in [3.05, 3.63) is 24.0 Å². The second-order valence-electron chi connectivity index (χ2n) is 8.69. The van der Waals surface area contributed by atoms with E-state index in [1.807, 2.05) is 25.3 Å². The van der Waals surface area contributed by atoms with Crippen LogP contribution in [-0.2, 0) is 4.74 Å². The first-order chi connectivity index (χ1) is 14.3. The molecule has 2 aromatic heterocycles. The number of ether oxygens (including phenoxy) is 1. The fourth-order valence-electron chi connectivity index (χ4n) is 4.45. The van der Waals surface area contributed by atoms with E-state index < -0.39 is 5.92 Å². The third kappa shape index (κ3) is 4.71. The summed E-state index contributed by atoms with van der Waals surface area (Å²) in [5, 5.41) is 7.82. The molecule has 0 unspecified atom stereocenters. The minimum absolute atomic E-state index is 0.0214. The molecular formula is C21H30F2N6O. The summed E-state index contributed by atoms with van der Waals surface area (Å²) < 4.78 is 34.2. The Hall–Kier alpha value is -2.29. The number of rotatable bonds is 6. The molecule has 2 aliphatic rings. The smallest absolute Gasteiger partial charge is 0.254 e. The van der Waals surface area contributed by atoms with E-state index in [0.717, 1.165) is 24.5 Å². The lowest BCUT2D eigenvalue weighted by molar-refractivity contribution is -0.0361. The van der Waals surface area contributed by atoms with E-state index in [1.165, 1.54) is 0 Å². The number of methoxy groups -OCH3 is 1. The largest absolute Gasteiger partial charge is 0.383 e. The maximum Gasteiger partial charge on any atom is 0.254 e. The van der Waals surface area contributed by atoms with Gasteiger partial charge in [0.2, 0.25) is 5.92 Å². The average molecular weight is 421 g/mol. The van der Waals surface area contributed by atoms with Crippen molar-refractivity contribution in [3.8, 4) is 5.95 Å². The van der Waals surface area contributed by atoms with Crippen molar-refractivity contribution in [1.82, 2.24) is 19.7 Å². The predicted molar refractivity (Wildman–Crippen MR) is 112 cm³/mol. The molecule has 164 valence electrons. The van der Waals surface area contributed by atoms with Crippen LogP contribution in [0.2, 0.25) is 0 Å². The lowest BCUT2D eigenvalue weighted by Crippen LogP contribution is -2.34. The molecule has 0 amide bonds. The molecule has 1 aliphatic heterocycles. The van der Waals surface area contributed by atoms with E-state index in [4.69, 9.17) is 9.72 Å². The van der Waals surface area contributed by atoms with Crippen LogP contribution in [0.3, 0.4) is 0 Å². The van der Waals surface area contributed by atoms with Gasteiger partial charge in [-0.15, -0.1) is 0 Å². The molecule has 30 heavy (non-hydrogen) atoms. The fraction of sp³-hybridized carbons (Fsp3) is 0.667. The number of hydrogen-bond acceptors (Lipinski definition) is 6. The number of hydrogen-bond donors (Lipinski definition) is 1. The van der Waals surface area contributed by atoms with Crippen LogP contribution in [-0.4, -0.2) is 58.0 Å². The summed E-state index contributed by atoms with van der Waals surface area (Å²) in [6, 6.07) is 4.05. The molecule has 3 heterocycles. The van der Waals surface area contributed by atoms with Crippen molar-refractivity contribution >= 4 is 11.6 Å². The summed E-state index contributed by atoms with van der Waals surface area (Å²) in [5.74, 6) is -0.0871. The van der Waals surface area contributed by atoms with Crippen molar-refractivity contribution < 1.29 is 13.5 Å². The van der Waals surface area contributed by atoms with Gasteiger partial charge in [-0.1, -0.05) is 6.92 Å². The first-order valence-corrected chi connectivity index (χ1v) is 10.6. The van der Waals surface area contributed by atoms with E-state index in [0.29, 0.717) is 37.1 Å². The average Bonchev–Trinajstić information content (AvgIpc) is 3.29. The molecular weight excluding hydrogens is 390 g/mol. The lowest BCUT2D eigenvalue weighted by Gasteiger charge is -2.30. The van der Waals surface area contributed by atoms with Crippen molar-refractivity contribution in [2.45, 2.75) is 64.0 Å². The Kier molecular flexibility index (Phi) is 5.90. The van der Waals surface area contributed by atoms with E-state index in [9.17, 15) is 8.78 Å². The number of nitrogens with one attached hydrogen (secondary N) is 1. The highest BCUT2D eigenvalue weighted by molar-refractivity contribution is 5.53. The van der Waals surface area contributed by atoms with Gasteiger partial charge in [0.1, 0.15) is 11.6 Å². The number of anilines is 2.